The van der Waals surface area contributed by atoms with Gasteiger partial charge in [-0.25, -0.2) is 0 Å². The highest BCUT2D eigenvalue weighted by Crippen LogP contribution is 2.24. The predicted octanol–water partition coefficient (Wildman–Crippen LogP) is 2.96. The van der Waals surface area contributed by atoms with Gasteiger partial charge in [-0.15, -0.1) is 16.8 Å². The van der Waals surface area contributed by atoms with Crippen LogP contribution < -0.4 is 5.73 Å². The number of nitrogens with two attached hydrogens (primary N) is 1. The van der Waals surface area contributed by atoms with Crippen LogP contribution in [-0.2, 0) is 0 Å². The second kappa shape index (κ2) is 6.84. The highest BCUT2D eigenvalue weighted by atomic mass is 32.2. The zero-order valence-electron chi connectivity index (χ0n) is 8.11. The maximum absolute atomic E-state index is 5.47. The second-order valence-corrected chi connectivity index (χ2v) is 5.24. The number of hydrogen-bond donors (Lipinski definition) is 1. The van der Waals surface area contributed by atoms with Crippen LogP contribution in [-0.4, -0.2) is 16.0 Å². The highest BCUT2D eigenvalue weighted by molar-refractivity contribution is 8.01. The van der Waals surface area contributed by atoms with Crippen molar-refractivity contribution in [1.82, 2.24) is 10.2 Å². The Balaban J connectivity index is 2.01. The van der Waals surface area contributed by atoms with E-state index in [0.29, 0.717) is 5.13 Å². The number of rotatable bonds is 7. The van der Waals surface area contributed by atoms with E-state index in [2.05, 4.69) is 16.8 Å². The lowest BCUT2D eigenvalue weighted by Gasteiger charge is -1.96. The number of thioether (sulfide) groups is 1. The molecule has 0 atom stereocenters. The molecule has 78 valence electrons. The summed E-state index contributed by atoms with van der Waals surface area (Å²) in [6, 6.07) is 0. The van der Waals surface area contributed by atoms with E-state index in [4.69, 9.17) is 5.73 Å². The summed E-state index contributed by atoms with van der Waals surface area (Å²) >= 11 is 3.20. The maximum atomic E-state index is 5.47. The van der Waals surface area contributed by atoms with Gasteiger partial charge in [-0.2, -0.15) is 0 Å². The summed E-state index contributed by atoms with van der Waals surface area (Å²) in [5.74, 6) is 1.10. The summed E-state index contributed by atoms with van der Waals surface area (Å²) in [5.41, 5.74) is 5.47. The van der Waals surface area contributed by atoms with Crippen molar-refractivity contribution in [2.24, 2.45) is 0 Å². The SMILES string of the molecule is C=CCCCCCSc1nnc(N)s1. The van der Waals surface area contributed by atoms with E-state index in [1.807, 2.05) is 6.08 Å². The Kier molecular flexibility index (Phi) is 5.63. The summed E-state index contributed by atoms with van der Waals surface area (Å²) in [7, 11) is 0. The molecule has 0 saturated carbocycles. The fourth-order valence-electron chi connectivity index (χ4n) is 1.01. The van der Waals surface area contributed by atoms with Crippen LogP contribution in [0, 0.1) is 0 Å². The number of unbranched alkanes of at least 4 members (excludes halogenated alkanes) is 3. The first-order valence-electron chi connectivity index (χ1n) is 4.65. The zero-order chi connectivity index (χ0) is 10.2. The zero-order valence-corrected chi connectivity index (χ0v) is 9.74. The van der Waals surface area contributed by atoms with Gasteiger partial charge in [0.1, 0.15) is 0 Å². The van der Waals surface area contributed by atoms with Crippen LogP contribution in [0.25, 0.3) is 0 Å². The molecule has 0 bridgehead atoms. The van der Waals surface area contributed by atoms with Crippen LogP contribution in [0.15, 0.2) is 17.0 Å². The van der Waals surface area contributed by atoms with E-state index in [0.717, 1.165) is 16.5 Å². The normalized spacial score (nSPS) is 10.3. The molecule has 0 unspecified atom stereocenters. The van der Waals surface area contributed by atoms with Crippen molar-refractivity contribution in [3.63, 3.8) is 0 Å². The molecule has 0 saturated heterocycles. The predicted molar refractivity (Wildman–Crippen MR) is 63.7 cm³/mol. The minimum absolute atomic E-state index is 0.555. The first-order valence-corrected chi connectivity index (χ1v) is 6.46. The van der Waals surface area contributed by atoms with E-state index in [9.17, 15) is 0 Å². The Morgan fingerprint density at radius 1 is 1.36 bits per heavy atom. The largest absolute Gasteiger partial charge is 0.374 e. The molecule has 1 heterocycles. The van der Waals surface area contributed by atoms with Gasteiger partial charge in [-0.1, -0.05) is 35.6 Å². The van der Waals surface area contributed by atoms with Crippen LogP contribution in [0.3, 0.4) is 0 Å². The van der Waals surface area contributed by atoms with E-state index in [1.165, 1.54) is 30.6 Å². The first kappa shape index (κ1) is 11.5. The molecule has 0 aliphatic carbocycles. The smallest absolute Gasteiger partial charge is 0.203 e. The Hall–Kier alpha value is -0.550. The second-order valence-electron chi connectivity index (χ2n) is 2.89. The molecule has 3 nitrogen and oxygen atoms in total. The van der Waals surface area contributed by atoms with Gasteiger partial charge in [0.05, 0.1) is 0 Å². The van der Waals surface area contributed by atoms with Gasteiger partial charge in [-0.3, -0.25) is 0 Å². The Morgan fingerprint density at radius 3 is 2.86 bits per heavy atom. The van der Waals surface area contributed by atoms with Crippen molar-refractivity contribution in [3.8, 4) is 0 Å². The van der Waals surface area contributed by atoms with Gasteiger partial charge in [0.25, 0.3) is 0 Å². The fourth-order valence-corrected chi connectivity index (χ4v) is 2.71. The summed E-state index contributed by atoms with van der Waals surface area (Å²) in [6.45, 7) is 3.69. The summed E-state index contributed by atoms with van der Waals surface area (Å²) in [4.78, 5) is 0. The van der Waals surface area contributed by atoms with Crippen molar-refractivity contribution < 1.29 is 0 Å². The van der Waals surface area contributed by atoms with Gasteiger partial charge in [0, 0.05) is 5.75 Å². The number of anilines is 1. The first-order chi connectivity index (χ1) is 6.83. The Bertz CT molecular complexity index is 273. The molecule has 0 aromatic carbocycles. The molecular formula is C9H15N3S2. The summed E-state index contributed by atoms with van der Waals surface area (Å²) < 4.78 is 0.978. The fraction of sp³-hybridized carbons (Fsp3) is 0.556. The van der Waals surface area contributed by atoms with Crippen LogP contribution >= 0.6 is 23.1 Å². The number of aromatic nitrogens is 2. The molecule has 0 radical (unpaired) electrons. The van der Waals surface area contributed by atoms with Gasteiger partial charge < -0.3 is 5.73 Å². The molecule has 1 aromatic rings. The summed E-state index contributed by atoms with van der Waals surface area (Å²) in [6.07, 6.45) is 6.81. The third kappa shape index (κ3) is 4.62. The number of hydrogen-bond acceptors (Lipinski definition) is 5. The molecule has 0 aliphatic rings. The summed E-state index contributed by atoms with van der Waals surface area (Å²) in [5, 5.41) is 8.25. The van der Waals surface area contributed by atoms with Crippen LogP contribution in [0.2, 0.25) is 0 Å². The quantitative estimate of drug-likeness (QED) is 0.444. The van der Waals surface area contributed by atoms with E-state index >= 15 is 0 Å². The van der Waals surface area contributed by atoms with Gasteiger partial charge >= 0.3 is 0 Å². The average molecular weight is 229 g/mol. The maximum Gasteiger partial charge on any atom is 0.203 e. The van der Waals surface area contributed by atoms with Crippen LogP contribution in [0.1, 0.15) is 25.7 Å². The Morgan fingerprint density at radius 2 is 2.21 bits per heavy atom. The molecule has 0 spiro atoms. The van der Waals surface area contributed by atoms with Gasteiger partial charge in [0.2, 0.25) is 5.13 Å². The average Bonchev–Trinajstić information content (AvgIpc) is 2.58. The Labute approximate surface area is 92.8 Å². The minimum atomic E-state index is 0.555. The molecule has 0 aliphatic heterocycles. The number of allylic oxidation sites excluding steroid dienone is 1. The van der Waals surface area contributed by atoms with E-state index in [1.54, 1.807) is 11.8 Å². The molecule has 14 heavy (non-hydrogen) atoms. The number of nitrogen functional groups attached to an aromatic ring is 1. The van der Waals surface area contributed by atoms with Crippen molar-refractivity contribution >= 4 is 28.2 Å². The molecule has 1 rings (SSSR count). The monoisotopic (exact) mass is 229 g/mol. The minimum Gasteiger partial charge on any atom is -0.374 e. The van der Waals surface area contributed by atoms with Crippen molar-refractivity contribution in [3.05, 3.63) is 12.7 Å². The van der Waals surface area contributed by atoms with Crippen LogP contribution in [0.5, 0.6) is 0 Å². The molecule has 0 fully saturated rings. The number of nitrogens with zero attached hydrogens (tertiary/aromatic N) is 2. The van der Waals surface area contributed by atoms with Crippen molar-refractivity contribution in [1.29, 1.82) is 0 Å². The van der Waals surface area contributed by atoms with Crippen LogP contribution in [0.4, 0.5) is 5.13 Å². The van der Waals surface area contributed by atoms with Crippen molar-refractivity contribution in [2.75, 3.05) is 11.5 Å². The third-order valence-electron chi connectivity index (χ3n) is 1.70. The lowest BCUT2D eigenvalue weighted by atomic mass is 10.2. The van der Waals surface area contributed by atoms with Gasteiger partial charge in [-0.05, 0) is 19.3 Å². The molecule has 5 heteroatoms. The lowest BCUT2D eigenvalue weighted by molar-refractivity contribution is 0.735. The molecule has 0 amide bonds. The topological polar surface area (TPSA) is 51.8 Å². The van der Waals surface area contributed by atoms with E-state index in [-0.39, 0.29) is 0 Å². The molecular weight excluding hydrogens is 214 g/mol. The van der Waals surface area contributed by atoms with Crippen molar-refractivity contribution in [2.45, 2.75) is 30.0 Å². The molecule has 2 N–H and O–H groups in total. The third-order valence-corrected chi connectivity index (χ3v) is 3.67. The van der Waals surface area contributed by atoms with Gasteiger partial charge in [0.15, 0.2) is 4.34 Å². The standard InChI is InChI=1S/C9H15N3S2/c1-2-3-4-5-6-7-13-9-12-11-8(10)14-9/h2H,1,3-7H2,(H2,10,11). The lowest BCUT2D eigenvalue weighted by Crippen LogP contribution is -1.81. The highest BCUT2D eigenvalue weighted by Gasteiger charge is 2.00. The molecule has 1 aromatic heterocycles. The van der Waals surface area contributed by atoms with E-state index < -0.39 is 0 Å².